The topological polar surface area (TPSA) is 48.8 Å². The van der Waals surface area contributed by atoms with Crippen LogP contribution in [0.5, 0.6) is 0 Å². The Morgan fingerprint density at radius 3 is 2.46 bits per heavy atom. The molecule has 0 aliphatic rings. The summed E-state index contributed by atoms with van der Waals surface area (Å²) < 4.78 is 0. The summed E-state index contributed by atoms with van der Waals surface area (Å²) in [5.74, 6) is 0. The highest BCUT2D eigenvalue weighted by Crippen LogP contribution is 2.30. The molecule has 0 radical (unpaired) electrons. The lowest BCUT2D eigenvalue weighted by atomic mass is 10.1. The van der Waals surface area contributed by atoms with Crippen LogP contribution >= 0.6 is 11.6 Å². The second-order valence-electron chi connectivity index (χ2n) is 6.12. The first-order valence-electron chi connectivity index (χ1n) is 8.31. The van der Waals surface area contributed by atoms with Crippen molar-refractivity contribution in [2.24, 2.45) is 0 Å². The molecular formula is C22H20ClN3. The van der Waals surface area contributed by atoms with Crippen LogP contribution in [-0.4, -0.2) is 10.7 Å². The van der Waals surface area contributed by atoms with Crippen molar-refractivity contribution in [3.8, 4) is 11.3 Å². The zero-order valence-corrected chi connectivity index (χ0v) is 15.6. The van der Waals surface area contributed by atoms with E-state index in [2.05, 4.69) is 11.9 Å². The van der Waals surface area contributed by atoms with E-state index in [-0.39, 0.29) is 0 Å². The first-order valence-corrected chi connectivity index (χ1v) is 8.68. The fourth-order valence-corrected chi connectivity index (χ4v) is 2.99. The van der Waals surface area contributed by atoms with E-state index in [0.29, 0.717) is 22.1 Å². The third-order valence-corrected chi connectivity index (χ3v) is 4.46. The number of pyridine rings is 1. The second-order valence-corrected chi connectivity index (χ2v) is 6.53. The fraction of sp³-hybridized carbons (Fsp3) is 0.0909. The van der Waals surface area contributed by atoms with Gasteiger partial charge in [-0.15, -0.1) is 0 Å². The van der Waals surface area contributed by atoms with Crippen LogP contribution in [0.4, 0.5) is 5.69 Å². The Labute approximate surface area is 158 Å². The van der Waals surface area contributed by atoms with Gasteiger partial charge in [0.25, 0.3) is 0 Å². The minimum atomic E-state index is 0.435. The standard InChI is InChI=1S/C22H20ClN3/c1-14-12-13-20(26-21(14)17-8-5-4-6-9-17)16(3)25-22-18(15(2)24)10-7-11-19(22)23/h4-13,24-25H,3H2,1-2H3. The molecule has 1 heterocycles. The van der Waals surface area contributed by atoms with Crippen molar-refractivity contribution in [2.45, 2.75) is 13.8 Å². The van der Waals surface area contributed by atoms with E-state index in [4.69, 9.17) is 22.0 Å². The Balaban J connectivity index is 1.97. The molecule has 1 aromatic heterocycles. The smallest absolute Gasteiger partial charge is 0.0866 e. The molecule has 0 saturated heterocycles. The zero-order valence-electron chi connectivity index (χ0n) is 14.8. The molecular weight excluding hydrogens is 342 g/mol. The van der Waals surface area contributed by atoms with E-state index in [1.165, 1.54) is 0 Å². The van der Waals surface area contributed by atoms with Crippen molar-refractivity contribution in [1.29, 1.82) is 5.41 Å². The second kappa shape index (κ2) is 7.54. The van der Waals surface area contributed by atoms with Gasteiger partial charge in [-0.05, 0) is 31.5 Å². The monoisotopic (exact) mass is 361 g/mol. The Morgan fingerprint density at radius 2 is 1.77 bits per heavy atom. The summed E-state index contributed by atoms with van der Waals surface area (Å²) in [4.78, 5) is 4.78. The molecule has 2 aromatic carbocycles. The average Bonchev–Trinajstić information content (AvgIpc) is 2.64. The van der Waals surface area contributed by atoms with Gasteiger partial charge in [0, 0.05) is 16.8 Å². The van der Waals surface area contributed by atoms with Gasteiger partial charge in [-0.3, -0.25) is 0 Å². The molecule has 0 spiro atoms. The lowest BCUT2D eigenvalue weighted by Crippen LogP contribution is -2.06. The van der Waals surface area contributed by atoms with Crippen molar-refractivity contribution in [2.75, 3.05) is 5.32 Å². The Kier molecular flexibility index (Phi) is 5.19. The van der Waals surface area contributed by atoms with E-state index in [9.17, 15) is 0 Å². The molecule has 0 aliphatic carbocycles. The van der Waals surface area contributed by atoms with Crippen LogP contribution < -0.4 is 5.32 Å². The van der Waals surface area contributed by atoms with E-state index < -0.39 is 0 Å². The highest BCUT2D eigenvalue weighted by Gasteiger charge is 2.12. The maximum Gasteiger partial charge on any atom is 0.0866 e. The minimum absolute atomic E-state index is 0.435. The molecule has 0 unspecified atom stereocenters. The molecule has 0 bridgehead atoms. The summed E-state index contributed by atoms with van der Waals surface area (Å²) in [6, 6.07) is 19.5. The number of aryl methyl sites for hydroxylation is 1. The molecule has 3 rings (SSSR count). The van der Waals surface area contributed by atoms with Crippen molar-refractivity contribution in [3.05, 3.63) is 89.1 Å². The van der Waals surface area contributed by atoms with Gasteiger partial charge in [-0.1, -0.05) is 66.7 Å². The summed E-state index contributed by atoms with van der Waals surface area (Å²) in [6.45, 7) is 7.90. The largest absolute Gasteiger partial charge is 0.352 e. The average molecular weight is 362 g/mol. The molecule has 26 heavy (non-hydrogen) atoms. The number of hydrogen-bond acceptors (Lipinski definition) is 3. The van der Waals surface area contributed by atoms with Gasteiger partial charge in [0.15, 0.2) is 0 Å². The number of nitrogens with one attached hydrogen (secondary N) is 2. The summed E-state index contributed by atoms with van der Waals surface area (Å²) in [7, 11) is 0. The van der Waals surface area contributed by atoms with Gasteiger partial charge in [0.2, 0.25) is 0 Å². The SMILES string of the molecule is C=C(Nc1c(Cl)cccc1C(C)=N)c1ccc(C)c(-c2ccccc2)n1. The summed E-state index contributed by atoms with van der Waals surface area (Å²) in [5, 5.41) is 11.7. The maximum atomic E-state index is 7.95. The molecule has 0 fully saturated rings. The highest BCUT2D eigenvalue weighted by atomic mass is 35.5. The molecule has 2 N–H and O–H groups in total. The van der Waals surface area contributed by atoms with E-state index in [1.54, 1.807) is 13.0 Å². The van der Waals surface area contributed by atoms with Crippen molar-refractivity contribution in [3.63, 3.8) is 0 Å². The first-order chi connectivity index (χ1) is 12.5. The number of hydrogen-bond donors (Lipinski definition) is 2. The Morgan fingerprint density at radius 1 is 1.04 bits per heavy atom. The van der Waals surface area contributed by atoms with Gasteiger partial charge in [0.05, 0.1) is 27.8 Å². The van der Waals surface area contributed by atoms with Crippen LogP contribution in [0.15, 0.2) is 67.2 Å². The van der Waals surface area contributed by atoms with Crippen LogP contribution in [0.2, 0.25) is 5.02 Å². The van der Waals surface area contributed by atoms with Gasteiger partial charge < -0.3 is 10.7 Å². The third-order valence-electron chi connectivity index (χ3n) is 4.15. The summed E-state index contributed by atoms with van der Waals surface area (Å²) >= 11 is 6.34. The minimum Gasteiger partial charge on any atom is -0.352 e. The van der Waals surface area contributed by atoms with Crippen molar-refractivity contribution in [1.82, 2.24) is 4.98 Å². The number of aromatic nitrogens is 1. The Bertz CT molecular complexity index is 978. The van der Waals surface area contributed by atoms with Crippen LogP contribution in [0.1, 0.15) is 23.7 Å². The van der Waals surface area contributed by atoms with Gasteiger partial charge >= 0.3 is 0 Å². The molecule has 0 aliphatic heterocycles. The number of halogens is 1. The van der Waals surface area contributed by atoms with E-state index >= 15 is 0 Å². The quantitative estimate of drug-likeness (QED) is 0.533. The summed E-state index contributed by atoms with van der Waals surface area (Å²) in [5.41, 5.74) is 6.32. The lowest BCUT2D eigenvalue weighted by Gasteiger charge is -2.16. The molecule has 3 nitrogen and oxygen atoms in total. The molecule has 3 aromatic rings. The number of nitrogens with zero attached hydrogens (tertiary/aromatic N) is 1. The van der Waals surface area contributed by atoms with E-state index in [0.717, 1.165) is 28.1 Å². The summed E-state index contributed by atoms with van der Waals surface area (Å²) in [6.07, 6.45) is 0. The molecule has 4 heteroatoms. The fourth-order valence-electron chi connectivity index (χ4n) is 2.76. The van der Waals surface area contributed by atoms with Gasteiger partial charge in [0.1, 0.15) is 0 Å². The van der Waals surface area contributed by atoms with E-state index in [1.807, 2.05) is 61.5 Å². The predicted octanol–water partition coefficient (Wildman–Crippen LogP) is 6.18. The van der Waals surface area contributed by atoms with Crippen LogP contribution in [0, 0.1) is 12.3 Å². The van der Waals surface area contributed by atoms with Crippen LogP contribution in [0.3, 0.4) is 0 Å². The number of anilines is 1. The third kappa shape index (κ3) is 3.68. The van der Waals surface area contributed by atoms with Gasteiger partial charge in [-0.2, -0.15) is 0 Å². The molecule has 0 saturated carbocycles. The zero-order chi connectivity index (χ0) is 18.7. The van der Waals surface area contributed by atoms with Gasteiger partial charge in [-0.25, -0.2) is 4.98 Å². The van der Waals surface area contributed by atoms with Crippen molar-refractivity contribution < 1.29 is 0 Å². The number of para-hydroxylation sites is 1. The molecule has 0 amide bonds. The highest BCUT2D eigenvalue weighted by molar-refractivity contribution is 6.34. The normalized spacial score (nSPS) is 10.4. The van der Waals surface area contributed by atoms with Crippen molar-refractivity contribution >= 4 is 28.7 Å². The first kappa shape index (κ1) is 17.9. The van der Waals surface area contributed by atoms with Crippen LogP contribution in [0.25, 0.3) is 17.0 Å². The van der Waals surface area contributed by atoms with Crippen LogP contribution in [-0.2, 0) is 0 Å². The molecule has 0 atom stereocenters. The lowest BCUT2D eigenvalue weighted by molar-refractivity contribution is 1.23. The molecule has 130 valence electrons. The number of benzene rings is 2. The number of rotatable bonds is 5. The Hall–Kier alpha value is -2.91. The maximum absolute atomic E-state index is 7.95. The predicted molar refractivity (Wildman–Crippen MR) is 111 cm³/mol.